The van der Waals surface area contributed by atoms with Crippen LogP contribution in [-0.2, 0) is 11.2 Å². The van der Waals surface area contributed by atoms with E-state index in [9.17, 15) is 4.79 Å². The number of hydrogen-bond donors (Lipinski definition) is 0. The fourth-order valence-electron chi connectivity index (χ4n) is 3.07. The lowest BCUT2D eigenvalue weighted by Crippen LogP contribution is -2.49. The first kappa shape index (κ1) is 17.5. The van der Waals surface area contributed by atoms with E-state index in [2.05, 4.69) is 42.8 Å². The van der Waals surface area contributed by atoms with Gasteiger partial charge in [0.05, 0.1) is 6.42 Å². The monoisotopic (exact) mass is 482 g/mol. The van der Waals surface area contributed by atoms with Crippen LogP contribution in [0.3, 0.4) is 0 Å². The van der Waals surface area contributed by atoms with Crippen molar-refractivity contribution in [1.82, 2.24) is 24.7 Å². The molecule has 3 aromatic rings. The van der Waals surface area contributed by atoms with E-state index in [0.717, 1.165) is 33.7 Å². The highest BCUT2D eigenvalue weighted by Crippen LogP contribution is 2.19. The Morgan fingerprint density at radius 2 is 1.96 bits per heavy atom. The summed E-state index contributed by atoms with van der Waals surface area (Å²) in [7, 11) is 0. The summed E-state index contributed by atoms with van der Waals surface area (Å²) in [6.07, 6.45) is 1.96. The Hall–Kier alpha value is -1.94. The molecular weight excluding hydrogens is 467 g/mol. The number of amides is 1. The topological polar surface area (TPSA) is 66.6 Å². The molecule has 0 bridgehead atoms. The molecule has 0 atom stereocenters. The summed E-state index contributed by atoms with van der Waals surface area (Å²) in [5.74, 6) is 0.999. The quantitative estimate of drug-likeness (QED) is 0.536. The van der Waals surface area contributed by atoms with E-state index >= 15 is 0 Å². The zero-order chi connectivity index (χ0) is 18.1. The number of halogens is 2. The lowest BCUT2D eigenvalue weighted by molar-refractivity contribution is -0.130. The first-order valence-corrected chi connectivity index (χ1v) is 9.69. The molecule has 0 unspecified atom stereocenters. The van der Waals surface area contributed by atoms with Crippen molar-refractivity contribution < 1.29 is 4.79 Å². The summed E-state index contributed by atoms with van der Waals surface area (Å²) in [5.41, 5.74) is 1.67. The molecular formula is C17H16ClIN6O. The molecule has 0 N–H and O–H groups in total. The highest BCUT2D eigenvalue weighted by atomic mass is 127. The van der Waals surface area contributed by atoms with Crippen LogP contribution in [0.5, 0.6) is 0 Å². The average Bonchev–Trinajstić information content (AvgIpc) is 3.08. The molecule has 26 heavy (non-hydrogen) atoms. The number of nitrogens with zero attached hydrogens (tertiary/aromatic N) is 6. The molecule has 9 heteroatoms. The highest BCUT2D eigenvalue weighted by molar-refractivity contribution is 14.1. The molecule has 1 aliphatic rings. The maximum absolute atomic E-state index is 12.6. The van der Waals surface area contributed by atoms with Crippen LogP contribution >= 0.6 is 34.2 Å². The number of carbonyl (C=O) groups is 1. The van der Waals surface area contributed by atoms with Crippen LogP contribution < -0.4 is 4.90 Å². The lowest BCUT2D eigenvalue weighted by atomic mass is 10.1. The van der Waals surface area contributed by atoms with Gasteiger partial charge in [-0.1, -0.05) is 11.6 Å². The Bertz CT molecular complexity index is 933. The van der Waals surface area contributed by atoms with Gasteiger partial charge in [0.15, 0.2) is 5.65 Å². The van der Waals surface area contributed by atoms with Crippen molar-refractivity contribution in [2.45, 2.75) is 6.42 Å². The van der Waals surface area contributed by atoms with Crippen molar-refractivity contribution in [3.05, 3.63) is 50.8 Å². The summed E-state index contributed by atoms with van der Waals surface area (Å²) < 4.78 is 2.70. The third-order valence-corrected chi connectivity index (χ3v) is 5.22. The zero-order valence-corrected chi connectivity index (χ0v) is 16.8. The van der Waals surface area contributed by atoms with Gasteiger partial charge in [0.1, 0.15) is 12.1 Å². The molecule has 1 fully saturated rings. The third-order valence-electron chi connectivity index (χ3n) is 4.38. The predicted octanol–water partition coefficient (Wildman–Crippen LogP) is 2.27. The Morgan fingerprint density at radius 1 is 1.15 bits per heavy atom. The molecule has 0 spiro atoms. The molecule has 2 aromatic heterocycles. The summed E-state index contributed by atoms with van der Waals surface area (Å²) in [6, 6.07) is 9.58. The van der Waals surface area contributed by atoms with Crippen LogP contribution in [0.4, 0.5) is 5.82 Å². The van der Waals surface area contributed by atoms with Crippen molar-refractivity contribution in [3.63, 3.8) is 0 Å². The standard InChI is InChI=1S/C17H16ClIN6O/c18-13-7-12(8-14(19)10-13)9-17(26)24-5-3-23(4-6-24)16-2-1-15-21-20-11-25(15)22-16/h1-2,7-8,10-11H,3-6,9H2. The van der Waals surface area contributed by atoms with Crippen molar-refractivity contribution in [2.24, 2.45) is 0 Å². The van der Waals surface area contributed by atoms with Gasteiger partial charge in [0, 0.05) is 34.8 Å². The van der Waals surface area contributed by atoms with E-state index in [4.69, 9.17) is 11.6 Å². The minimum Gasteiger partial charge on any atom is -0.352 e. The minimum atomic E-state index is 0.130. The van der Waals surface area contributed by atoms with E-state index in [1.54, 1.807) is 10.8 Å². The molecule has 134 valence electrons. The number of benzene rings is 1. The molecule has 7 nitrogen and oxygen atoms in total. The molecule has 1 saturated heterocycles. The van der Waals surface area contributed by atoms with E-state index < -0.39 is 0 Å². The SMILES string of the molecule is O=C(Cc1cc(Cl)cc(I)c1)N1CCN(c2ccc3nncn3n2)CC1. The van der Waals surface area contributed by atoms with Gasteiger partial charge in [-0.05, 0) is 58.5 Å². The van der Waals surface area contributed by atoms with E-state index in [1.165, 1.54) is 0 Å². The van der Waals surface area contributed by atoms with Gasteiger partial charge in [-0.15, -0.1) is 15.3 Å². The Balaban J connectivity index is 1.38. The van der Waals surface area contributed by atoms with Gasteiger partial charge in [-0.25, -0.2) is 0 Å². The first-order chi connectivity index (χ1) is 12.6. The van der Waals surface area contributed by atoms with E-state index in [-0.39, 0.29) is 5.91 Å². The minimum absolute atomic E-state index is 0.130. The molecule has 1 amide bonds. The number of rotatable bonds is 3. The number of piperazine rings is 1. The van der Waals surface area contributed by atoms with Crippen LogP contribution in [0, 0.1) is 3.57 Å². The Morgan fingerprint density at radius 3 is 2.73 bits per heavy atom. The van der Waals surface area contributed by atoms with Gasteiger partial charge in [-0.3, -0.25) is 4.79 Å². The molecule has 0 saturated carbocycles. The highest BCUT2D eigenvalue weighted by Gasteiger charge is 2.22. The van der Waals surface area contributed by atoms with E-state index in [1.807, 2.05) is 35.2 Å². The van der Waals surface area contributed by atoms with Crippen molar-refractivity contribution in [1.29, 1.82) is 0 Å². The van der Waals surface area contributed by atoms with Crippen LogP contribution in [-0.4, -0.2) is 56.8 Å². The van der Waals surface area contributed by atoms with Gasteiger partial charge in [-0.2, -0.15) is 4.52 Å². The second-order valence-electron chi connectivity index (χ2n) is 6.15. The van der Waals surface area contributed by atoms with Crippen LogP contribution in [0.1, 0.15) is 5.56 Å². The normalized spacial score (nSPS) is 14.8. The summed E-state index contributed by atoms with van der Waals surface area (Å²) in [4.78, 5) is 16.7. The maximum Gasteiger partial charge on any atom is 0.227 e. The maximum atomic E-state index is 12.6. The molecule has 1 aliphatic heterocycles. The number of hydrogen-bond acceptors (Lipinski definition) is 5. The third kappa shape index (κ3) is 3.75. The fraction of sp³-hybridized carbons (Fsp3) is 0.294. The summed E-state index contributed by atoms with van der Waals surface area (Å²) >= 11 is 8.30. The smallest absolute Gasteiger partial charge is 0.227 e. The molecule has 1 aromatic carbocycles. The molecule has 3 heterocycles. The second kappa shape index (κ2) is 7.36. The van der Waals surface area contributed by atoms with Crippen LogP contribution in [0.15, 0.2) is 36.7 Å². The van der Waals surface area contributed by atoms with Gasteiger partial charge in [0.25, 0.3) is 0 Å². The first-order valence-electron chi connectivity index (χ1n) is 8.23. The zero-order valence-electron chi connectivity index (χ0n) is 13.8. The average molecular weight is 483 g/mol. The molecule has 4 rings (SSSR count). The van der Waals surface area contributed by atoms with Gasteiger partial charge >= 0.3 is 0 Å². The van der Waals surface area contributed by atoms with Gasteiger partial charge in [0.2, 0.25) is 5.91 Å². The van der Waals surface area contributed by atoms with E-state index in [0.29, 0.717) is 24.5 Å². The molecule has 0 radical (unpaired) electrons. The lowest BCUT2D eigenvalue weighted by Gasteiger charge is -2.35. The fourth-order valence-corrected chi connectivity index (χ4v) is 4.25. The summed E-state index contributed by atoms with van der Waals surface area (Å²) in [6.45, 7) is 2.86. The number of anilines is 1. The van der Waals surface area contributed by atoms with Crippen molar-refractivity contribution in [2.75, 3.05) is 31.1 Å². The van der Waals surface area contributed by atoms with Crippen molar-refractivity contribution >= 4 is 51.6 Å². The second-order valence-corrected chi connectivity index (χ2v) is 7.83. The predicted molar refractivity (Wildman–Crippen MR) is 107 cm³/mol. The molecule has 0 aliphatic carbocycles. The van der Waals surface area contributed by atoms with Crippen LogP contribution in [0.2, 0.25) is 5.02 Å². The van der Waals surface area contributed by atoms with Crippen LogP contribution in [0.25, 0.3) is 5.65 Å². The number of fused-ring (bicyclic) bond motifs is 1. The van der Waals surface area contributed by atoms with Crippen molar-refractivity contribution in [3.8, 4) is 0 Å². The van der Waals surface area contributed by atoms with Gasteiger partial charge < -0.3 is 9.80 Å². The summed E-state index contributed by atoms with van der Waals surface area (Å²) in [5, 5.41) is 13.0. The Labute approximate surface area is 169 Å². The number of aromatic nitrogens is 4. The largest absolute Gasteiger partial charge is 0.352 e. The number of carbonyl (C=O) groups excluding carboxylic acids is 1. The Kier molecular flexibility index (Phi) is 4.94.